The molecule has 2 aromatic rings. The number of rotatable bonds is 2. The normalized spacial score (nSPS) is 10.4. The van der Waals surface area contributed by atoms with Gasteiger partial charge >= 0.3 is 0 Å². The number of carbonyl (C=O) groups excluding carboxylic acids is 1. The van der Waals surface area contributed by atoms with Gasteiger partial charge in [0.15, 0.2) is 0 Å². The summed E-state index contributed by atoms with van der Waals surface area (Å²) in [5, 5.41) is 7.39. The Bertz CT molecular complexity index is 606. The molecule has 0 radical (unpaired) electrons. The van der Waals surface area contributed by atoms with Gasteiger partial charge in [-0.1, -0.05) is 11.6 Å². The molecule has 1 aromatic carbocycles. The third-order valence-corrected chi connectivity index (χ3v) is 2.74. The molecule has 0 fully saturated rings. The lowest BCUT2D eigenvalue weighted by Gasteiger charge is -2.07. The van der Waals surface area contributed by atoms with Crippen molar-refractivity contribution in [2.45, 2.75) is 6.92 Å². The maximum atomic E-state index is 12.0. The Morgan fingerprint density at radius 1 is 1.44 bits per heavy atom. The van der Waals surface area contributed by atoms with E-state index in [1.165, 1.54) is 0 Å². The first-order valence-electron chi connectivity index (χ1n) is 5.34. The van der Waals surface area contributed by atoms with Gasteiger partial charge in [-0.3, -0.25) is 9.48 Å². The Kier molecular flexibility index (Phi) is 3.25. The Morgan fingerprint density at radius 2 is 2.17 bits per heavy atom. The fraction of sp³-hybridized carbons (Fsp3) is 0.167. The molecule has 1 amide bonds. The lowest BCUT2D eigenvalue weighted by Crippen LogP contribution is -2.16. The van der Waals surface area contributed by atoms with Crippen molar-refractivity contribution in [3.8, 4) is 0 Å². The zero-order chi connectivity index (χ0) is 13.3. The van der Waals surface area contributed by atoms with Crippen LogP contribution in [0.5, 0.6) is 0 Å². The van der Waals surface area contributed by atoms with Gasteiger partial charge in [-0.2, -0.15) is 5.10 Å². The third kappa shape index (κ3) is 2.46. The van der Waals surface area contributed by atoms with E-state index in [1.54, 1.807) is 36.0 Å². The summed E-state index contributed by atoms with van der Waals surface area (Å²) in [6.45, 7) is 1.85. The van der Waals surface area contributed by atoms with E-state index in [4.69, 9.17) is 17.3 Å². The first-order chi connectivity index (χ1) is 8.47. The van der Waals surface area contributed by atoms with E-state index in [-0.39, 0.29) is 5.91 Å². The first-order valence-corrected chi connectivity index (χ1v) is 5.72. The summed E-state index contributed by atoms with van der Waals surface area (Å²) in [4.78, 5) is 12.0. The molecular weight excluding hydrogens is 252 g/mol. The summed E-state index contributed by atoms with van der Waals surface area (Å²) in [7, 11) is 1.76. The second-order valence-electron chi connectivity index (χ2n) is 3.98. The van der Waals surface area contributed by atoms with E-state index < -0.39 is 0 Å². The number of anilines is 2. The Labute approximate surface area is 110 Å². The van der Waals surface area contributed by atoms with Crippen LogP contribution in [0.1, 0.15) is 16.1 Å². The van der Waals surface area contributed by atoms with Crippen LogP contribution in [-0.2, 0) is 7.05 Å². The Balaban J connectivity index is 2.24. The molecule has 0 unspecified atom stereocenters. The van der Waals surface area contributed by atoms with Crippen LogP contribution in [0, 0.1) is 6.92 Å². The van der Waals surface area contributed by atoms with Crippen molar-refractivity contribution < 1.29 is 4.79 Å². The number of nitrogen functional groups attached to an aromatic ring is 1. The predicted octanol–water partition coefficient (Wildman–Crippen LogP) is 2.22. The number of nitrogens with zero attached hydrogens (tertiary/aromatic N) is 2. The minimum atomic E-state index is -0.285. The number of nitrogens with two attached hydrogens (primary N) is 1. The fourth-order valence-electron chi connectivity index (χ4n) is 1.65. The smallest absolute Gasteiger partial charge is 0.258 e. The van der Waals surface area contributed by atoms with Gasteiger partial charge in [0.25, 0.3) is 5.91 Å². The van der Waals surface area contributed by atoms with E-state index >= 15 is 0 Å². The highest BCUT2D eigenvalue weighted by Gasteiger charge is 2.12. The summed E-state index contributed by atoms with van der Waals surface area (Å²) in [5.41, 5.74) is 7.32. The average Bonchev–Trinajstić information content (AvgIpc) is 2.57. The second-order valence-corrected chi connectivity index (χ2v) is 4.42. The number of aryl methyl sites for hydroxylation is 2. The van der Waals surface area contributed by atoms with Gasteiger partial charge in [-0.25, -0.2) is 0 Å². The van der Waals surface area contributed by atoms with Crippen molar-refractivity contribution >= 4 is 29.0 Å². The number of nitrogens with one attached hydrogen (secondary N) is 1. The molecule has 0 aliphatic carbocycles. The van der Waals surface area contributed by atoms with Gasteiger partial charge in [0.2, 0.25) is 0 Å². The number of hydrogen-bond donors (Lipinski definition) is 2. The topological polar surface area (TPSA) is 72.9 Å². The molecule has 0 aliphatic heterocycles. The molecule has 0 atom stereocenters. The van der Waals surface area contributed by atoms with Gasteiger partial charge in [0, 0.05) is 23.8 Å². The first kappa shape index (κ1) is 12.4. The molecule has 0 aliphatic rings. The fourth-order valence-corrected chi connectivity index (χ4v) is 1.83. The number of hydrogen-bond acceptors (Lipinski definition) is 3. The number of halogens is 1. The van der Waals surface area contributed by atoms with Crippen molar-refractivity contribution in [1.82, 2.24) is 9.78 Å². The summed E-state index contributed by atoms with van der Waals surface area (Å²) in [5.74, 6) is 0.332. The van der Waals surface area contributed by atoms with Crippen molar-refractivity contribution in [3.63, 3.8) is 0 Å². The number of amides is 1. The van der Waals surface area contributed by atoms with Crippen LogP contribution >= 0.6 is 11.6 Å². The molecule has 1 aromatic heterocycles. The maximum absolute atomic E-state index is 12.0. The lowest BCUT2D eigenvalue weighted by molar-refractivity contribution is 0.102. The SMILES string of the molecule is Cc1cc(NC(=O)c2ccc(Cl)cc2N)n(C)n1. The zero-order valence-electron chi connectivity index (χ0n) is 10.1. The summed E-state index contributed by atoms with van der Waals surface area (Å²) in [6, 6.07) is 6.55. The van der Waals surface area contributed by atoms with Crippen LogP contribution in [0.4, 0.5) is 11.5 Å². The molecule has 5 nitrogen and oxygen atoms in total. The summed E-state index contributed by atoms with van der Waals surface area (Å²) < 4.78 is 1.60. The maximum Gasteiger partial charge on any atom is 0.258 e. The van der Waals surface area contributed by atoms with Crippen LogP contribution in [0.3, 0.4) is 0 Å². The van der Waals surface area contributed by atoms with Crippen LogP contribution in [0.2, 0.25) is 5.02 Å². The van der Waals surface area contributed by atoms with Gasteiger partial charge in [-0.05, 0) is 25.1 Å². The third-order valence-electron chi connectivity index (χ3n) is 2.50. The molecule has 3 N–H and O–H groups in total. The van der Waals surface area contributed by atoms with Crippen molar-refractivity contribution in [1.29, 1.82) is 0 Å². The van der Waals surface area contributed by atoms with Gasteiger partial charge in [0.05, 0.1) is 11.3 Å². The van der Waals surface area contributed by atoms with Crippen LogP contribution in [0.15, 0.2) is 24.3 Å². The quantitative estimate of drug-likeness (QED) is 0.817. The number of carbonyl (C=O) groups is 1. The van der Waals surface area contributed by atoms with Gasteiger partial charge < -0.3 is 11.1 Å². The van der Waals surface area contributed by atoms with Crippen LogP contribution < -0.4 is 11.1 Å². The number of aromatic nitrogens is 2. The van der Waals surface area contributed by atoms with E-state index in [0.29, 0.717) is 22.1 Å². The van der Waals surface area contributed by atoms with Crippen LogP contribution in [-0.4, -0.2) is 15.7 Å². The predicted molar refractivity (Wildman–Crippen MR) is 71.8 cm³/mol. The molecule has 1 heterocycles. The largest absolute Gasteiger partial charge is 0.398 e. The second kappa shape index (κ2) is 4.70. The Hall–Kier alpha value is -2.01. The highest BCUT2D eigenvalue weighted by molar-refractivity contribution is 6.31. The molecule has 94 valence electrons. The van der Waals surface area contributed by atoms with Crippen molar-refractivity contribution in [3.05, 3.63) is 40.5 Å². The van der Waals surface area contributed by atoms with Crippen LogP contribution in [0.25, 0.3) is 0 Å². The molecule has 18 heavy (non-hydrogen) atoms. The lowest BCUT2D eigenvalue weighted by atomic mass is 10.1. The standard InChI is InChI=1S/C12H13ClN4O/c1-7-5-11(17(2)16-7)15-12(18)9-4-3-8(13)6-10(9)14/h3-6H,14H2,1-2H3,(H,15,18). The molecule has 0 saturated heterocycles. The summed E-state index contributed by atoms with van der Waals surface area (Å²) >= 11 is 5.78. The molecular formula is C12H13ClN4O. The van der Waals surface area contributed by atoms with E-state index in [1.807, 2.05) is 6.92 Å². The number of benzene rings is 1. The van der Waals surface area contributed by atoms with Gasteiger partial charge in [0.1, 0.15) is 5.82 Å². The molecule has 0 bridgehead atoms. The van der Waals surface area contributed by atoms with Gasteiger partial charge in [-0.15, -0.1) is 0 Å². The summed E-state index contributed by atoms with van der Waals surface area (Å²) in [6.07, 6.45) is 0. The minimum Gasteiger partial charge on any atom is -0.398 e. The Morgan fingerprint density at radius 3 is 2.72 bits per heavy atom. The molecule has 6 heteroatoms. The van der Waals surface area contributed by atoms with E-state index in [9.17, 15) is 4.79 Å². The highest BCUT2D eigenvalue weighted by Crippen LogP contribution is 2.19. The highest BCUT2D eigenvalue weighted by atomic mass is 35.5. The van der Waals surface area contributed by atoms with Crippen molar-refractivity contribution in [2.24, 2.45) is 7.05 Å². The zero-order valence-corrected chi connectivity index (χ0v) is 10.8. The minimum absolute atomic E-state index is 0.285. The monoisotopic (exact) mass is 264 g/mol. The average molecular weight is 265 g/mol. The molecule has 0 spiro atoms. The molecule has 0 saturated carbocycles. The van der Waals surface area contributed by atoms with E-state index in [0.717, 1.165) is 5.69 Å². The van der Waals surface area contributed by atoms with E-state index in [2.05, 4.69) is 10.4 Å². The van der Waals surface area contributed by atoms with Crippen molar-refractivity contribution in [2.75, 3.05) is 11.1 Å². The molecule has 2 rings (SSSR count).